The number of benzene rings is 2. The molecule has 0 bridgehead atoms. The summed E-state index contributed by atoms with van der Waals surface area (Å²) in [4.78, 5) is 15.2. The molecule has 1 saturated heterocycles. The van der Waals surface area contributed by atoms with E-state index in [0.717, 1.165) is 42.7 Å². The zero-order valence-corrected chi connectivity index (χ0v) is 16.3. The summed E-state index contributed by atoms with van der Waals surface area (Å²) < 4.78 is 16.8. The Morgan fingerprint density at radius 1 is 1.14 bits per heavy atom. The molecule has 28 heavy (non-hydrogen) atoms. The molecule has 2 atom stereocenters. The van der Waals surface area contributed by atoms with Gasteiger partial charge in [-0.3, -0.25) is 4.79 Å². The van der Waals surface area contributed by atoms with Gasteiger partial charge in [-0.05, 0) is 44.2 Å². The summed E-state index contributed by atoms with van der Waals surface area (Å²) in [5.74, 6) is 1.58. The van der Waals surface area contributed by atoms with E-state index >= 15 is 0 Å². The number of para-hydroxylation sites is 1. The molecule has 0 unspecified atom stereocenters. The van der Waals surface area contributed by atoms with Gasteiger partial charge in [0.05, 0.1) is 0 Å². The number of rotatable bonds is 7. The third kappa shape index (κ3) is 4.14. The Hall–Kier alpha value is -2.53. The Morgan fingerprint density at radius 2 is 2.00 bits per heavy atom. The lowest BCUT2D eigenvalue weighted by atomic mass is 10.0. The molecule has 0 spiro atoms. The maximum atomic E-state index is 13.2. The first-order valence-electron chi connectivity index (χ1n) is 10.1. The predicted octanol–water partition coefficient (Wildman–Crippen LogP) is 3.94. The van der Waals surface area contributed by atoms with Crippen molar-refractivity contribution in [3.63, 3.8) is 0 Å². The van der Waals surface area contributed by atoms with Crippen LogP contribution in [0.3, 0.4) is 0 Å². The van der Waals surface area contributed by atoms with Crippen LogP contribution in [-0.4, -0.2) is 36.4 Å². The SMILES string of the molecule is C[C@@H](CCc1ccccc1)N(Cc1cccc2c1OCO2)C(=O)[C@H]1CCCO1. The second-order valence-electron chi connectivity index (χ2n) is 7.49. The molecule has 2 heterocycles. The molecule has 148 valence electrons. The monoisotopic (exact) mass is 381 g/mol. The van der Waals surface area contributed by atoms with Crippen LogP contribution >= 0.6 is 0 Å². The van der Waals surface area contributed by atoms with Crippen molar-refractivity contribution in [1.82, 2.24) is 4.90 Å². The summed E-state index contributed by atoms with van der Waals surface area (Å²) in [5.41, 5.74) is 2.27. The molecule has 2 aromatic carbocycles. The summed E-state index contributed by atoms with van der Waals surface area (Å²) in [7, 11) is 0. The number of amides is 1. The Morgan fingerprint density at radius 3 is 2.79 bits per heavy atom. The second-order valence-corrected chi connectivity index (χ2v) is 7.49. The average molecular weight is 381 g/mol. The van der Waals surface area contributed by atoms with E-state index in [1.54, 1.807) is 0 Å². The topological polar surface area (TPSA) is 48.0 Å². The van der Waals surface area contributed by atoms with Gasteiger partial charge in [0, 0.05) is 24.8 Å². The minimum absolute atomic E-state index is 0.0783. The van der Waals surface area contributed by atoms with Gasteiger partial charge in [-0.15, -0.1) is 0 Å². The molecule has 0 radical (unpaired) electrons. The fraction of sp³-hybridized carbons (Fsp3) is 0.435. The number of ether oxygens (including phenoxy) is 3. The van der Waals surface area contributed by atoms with Crippen LogP contribution in [0, 0.1) is 0 Å². The molecule has 5 nitrogen and oxygen atoms in total. The molecule has 0 aliphatic carbocycles. The third-order valence-electron chi connectivity index (χ3n) is 5.53. The zero-order valence-electron chi connectivity index (χ0n) is 16.3. The van der Waals surface area contributed by atoms with Gasteiger partial charge < -0.3 is 19.1 Å². The third-order valence-corrected chi connectivity index (χ3v) is 5.53. The molecule has 2 aromatic rings. The van der Waals surface area contributed by atoms with Gasteiger partial charge in [-0.2, -0.15) is 0 Å². The van der Waals surface area contributed by atoms with Gasteiger partial charge in [-0.1, -0.05) is 42.5 Å². The minimum Gasteiger partial charge on any atom is -0.454 e. The first-order valence-corrected chi connectivity index (χ1v) is 10.1. The Balaban J connectivity index is 1.51. The molecule has 4 rings (SSSR count). The fourth-order valence-electron chi connectivity index (χ4n) is 3.88. The van der Waals surface area contributed by atoms with E-state index in [2.05, 4.69) is 31.2 Å². The lowest BCUT2D eigenvalue weighted by Crippen LogP contribution is -2.44. The average Bonchev–Trinajstić information content (AvgIpc) is 3.42. The lowest BCUT2D eigenvalue weighted by Gasteiger charge is -2.32. The molecule has 0 aromatic heterocycles. The Kier molecular flexibility index (Phi) is 5.81. The quantitative estimate of drug-likeness (QED) is 0.729. The molecule has 1 fully saturated rings. The normalized spacial score (nSPS) is 18.8. The van der Waals surface area contributed by atoms with Gasteiger partial charge in [0.1, 0.15) is 6.10 Å². The molecule has 5 heteroatoms. The number of fused-ring (bicyclic) bond motifs is 1. The highest BCUT2D eigenvalue weighted by Gasteiger charge is 2.32. The van der Waals surface area contributed by atoms with E-state index in [-0.39, 0.29) is 24.8 Å². The molecule has 0 N–H and O–H groups in total. The number of hydrogen-bond acceptors (Lipinski definition) is 4. The van der Waals surface area contributed by atoms with Crippen molar-refractivity contribution in [2.75, 3.05) is 13.4 Å². The van der Waals surface area contributed by atoms with Gasteiger partial charge in [0.25, 0.3) is 5.91 Å². The van der Waals surface area contributed by atoms with Crippen LogP contribution in [0.5, 0.6) is 11.5 Å². The zero-order chi connectivity index (χ0) is 19.3. The summed E-state index contributed by atoms with van der Waals surface area (Å²) >= 11 is 0. The first-order chi connectivity index (χ1) is 13.7. The molecule has 0 saturated carbocycles. The van der Waals surface area contributed by atoms with E-state index in [1.807, 2.05) is 29.2 Å². The molecule has 1 amide bonds. The number of aryl methyl sites for hydroxylation is 1. The molecule has 2 aliphatic rings. The van der Waals surface area contributed by atoms with Crippen molar-refractivity contribution in [3.8, 4) is 11.5 Å². The fourth-order valence-corrected chi connectivity index (χ4v) is 3.88. The van der Waals surface area contributed by atoms with E-state index in [4.69, 9.17) is 14.2 Å². The molecule has 2 aliphatic heterocycles. The highest BCUT2D eigenvalue weighted by atomic mass is 16.7. The smallest absolute Gasteiger partial charge is 0.252 e. The molecular formula is C23H27NO4. The Bertz CT molecular complexity index is 802. The summed E-state index contributed by atoms with van der Waals surface area (Å²) in [6, 6.07) is 16.4. The van der Waals surface area contributed by atoms with Crippen molar-refractivity contribution in [2.45, 2.75) is 51.3 Å². The standard InChI is InChI=1S/C23H27NO4/c1-17(12-13-18-7-3-2-4-8-18)24(23(25)21-11-6-14-26-21)15-19-9-5-10-20-22(19)28-16-27-20/h2-5,7-10,17,21H,6,11-16H2,1H3/t17-,21+/m0/s1. The van der Waals surface area contributed by atoms with Gasteiger partial charge in [0.15, 0.2) is 11.5 Å². The van der Waals surface area contributed by atoms with Crippen LogP contribution in [-0.2, 0) is 22.5 Å². The van der Waals surface area contributed by atoms with Crippen LogP contribution in [0.2, 0.25) is 0 Å². The lowest BCUT2D eigenvalue weighted by molar-refractivity contribution is -0.143. The van der Waals surface area contributed by atoms with Crippen LogP contribution in [0.15, 0.2) is 48.5 Å². The van der Waals surface area contributed by atoms with Crippen LogP contribution in [0.4, 0.5) is 0 Å². The number of carbonyl (C=O) groups excluding carboxylic acids is 1. The van der Waals surface area contributed by atoms with Crippen LogP contribution in [0.1, 0.15) is 37.3 Å². The van der Waals surface area contributed by atoms with Crippen molar-refractivity contribution < 1.29 is 19.0 Å². The van der Waals surface area contributed by atoms with Crippen molar-refractivity contribution >= 4 is 5.91 Å². The van der Waals surface area contributed by atoms with E-state index in [1.165, 1.54) is 5.56 Å². The number of hydrogen-bond donors (Lipinski definition) is 0. The van der Waals surface area contributed by atoms with E-state index in [0.29, 0.717) is 13.2 Å². The van der Waals surface area contributed by atoms with Crippen molar-refractivity contribution in [2.24, 2.45) is 0 Å². The summed E-state index contributed by atoms with van der Waals surface area (Å²) in [6.07, 6.45) is 3.25. The predicted molar refractivity (Wildman–Crippen MR) is 106 cm³/mol. The number of carbonyl (C=O) groups is 1. The maximum Gasteiger partial charge on any atom is 0.252 e. The van der Waals surface area contributed by atoms with Crippen molar-refractivity contribution in [1.29, 1.82) is 0 Å². The second kappa shape index (κ2) is 8.65. The minimum atomic E-state index is -0.326. The van der Waals surface area contributed by atoms with E-state index < -0.39 is 0 Å². The van der Waals surface area contributed by atoms with Gasteiger partial charge in [-0.25, -0.2) is 0 Å². The summed E-state index contributed by atoms with van der Waals surface area (Å²) in [5, 5.41) is 0. The van der Waals surface area contributed by atoms with Crippen molar-refractivity contribution in [3.05, 3.63) is 59.7 Å². The van der Waals surface area contributed by atoms with Gasteiger partial charge >= 0.3 is 0 Å². The number of nitrogens with zero attached hydrogens (tertiary/aromatic N) is 1. The molecular weight excluding hydrogens is 354 g/mol. The van der Waals surface area contributed by atoms with Crippen LogP contribution in [0.25, 0.3) is 0 Å². The Labute approximate surface area is 166 Å². The largest absolute Gasteiger partial charge is 0.454 e. The summed E-state index contributed by atoms with van der Waals surface area (Å²) in [6.45, 7) is 3.52. The maximum absolute atomic E-state index is 13.2. The van der Waals surface area contributed by atoms with Gasteiger partial charge in [0.2, 0.25) is 6.79 Å². The highest BCUT2D eigenvalue weighted by Crippen LogP contribution is 2.36. The van der Waals surface area contributed by atoms with E-state index in [9.17, 15) is 4.79 Å². The van der Waals surface area contributed by atoms with Crippen LogP contribution < -0.4 is 9.47 Å². The first kappa shape index (κ1) is 18.8. The highest BCUT2D eigenvalue weighted by molar-refractivity contribution is 5.81.